The van der Waals surface area contributed by atoms with E-state index in [9.17, 15) is 5.21 Å². The molecule has 1 heterocycles. The molecule has 3 rings (SSSR count). The molecule has 114 valence electrons. The minimum Gasteiger partial charge on any atom is -0.384 e. The van der Waals surface area contributed by atoms with Gasteiger partial charge in [0.15, 0.2) is 0 Å². The number of hydrogen-bond acceptors (Lipinski definition) is 3. The van der Waals surface area contributed by atoms with Crippen LogP contribution in [0.25, 0.3) is 21.8 Å². The van der Waals surface area contributed by atoms with E-state index < -0.39 is 0 Å². The molecule has 0 saturated carbocycles. The van der Waals surface area contributed by atoms with Gasteiger partial charge in [0.25, 0.3) is 11.0 Å². The second-order valence-corrected chi connectivity index (χ2v) is 5.80. The van der Waals surface area contributed by atoms with E-state index in [0.29, 0.717) is 0 Å². The smallest absolute Gasteiger partial charge is 0.267 e. The molecule has 2 aromatic carbocycles. The Balaban J connectivity index is 2.07. The molecule has 0 bridgehead atoms. The van der Waals surface area contributed by atoms with Crippen LogP contribution in [0.5, 0.6) is 0 Å². The van der Waals surface area contributed by atoms with Crippen molar-refractivity contribution in [3.05, 3.63) is 48.5 Å². The predicted molar refractivity (Wildman–Crippen MR) is 90.5 cm³/mol. The van der Waals surface area contributed by atoms with E-state index in [4.69, 9.17) is 0 Å². The van der Waals surface area contributed by atoms with E-state index in [-0.39, 0.29) is 0 Å². The fraction of sp³-hybridized carbons (Fsp3) is 0.278. The summed E-state index contributed by atoms with van der Waals surface area (Å²) in [6.45, 7) is 1.96. The molecule has 4 nitrogen and oxygen atoms in total. The summed E-state index contributed by atoms with van der Waals surface area (Å²) < 4.78 is 1.27. The van der Waals surface area contributed by atoms with Gasteiger partial charge in [-0.15, -0.1) is 0 Å². The van der Waals surface area contributed by atoms with Gasteiger partial charge in [0.2, 0.25) is 0 Å². The topological polar surface area (TPSA) is 39.4 Å². The van der Waals surface area contributed by atoms with E-state index in [0.717, 1.165) is 47.0 Å². The molecule has 22 heavy (non-hydrogen) atoms. The number of fused-ring (bicyclic) bond motifs is 2. The lowest BCUT2D eigenvalue weighted by Gasteiger charge is -2.13. The molecule has 0 aliphatic carbocycles. The van der Waals surface area contributed by atoms with Gasteiger partial charge in [-0.25, -0.2) is 0 Å². The highest BCUT2D eigenvalue weighted by Gasteiger charge is 2.19. The van der Waals surface area contributed by atoms with Crippen molar-refractivity contribution < 1.29 is 9.94 Å². The Labute approximate surface area is 130 Å². The molecule has 0 saturated heterocycles. The van der Waals surface area contributed by atoms with Crippen LogP contribution < -0.4 is 10.0 Å². The van der Waals surface area contributed by atoms with Gasteiger partial charge in [-0.2, -0.15) is 0 Å². The average molecular weight is 296 g/mol. The minimum absolute atomic E-state index is 0.816. The lowest BCUT2D eigenvalue weighted by molar-refractivity contribution is -0.864. The molecule has 0 aliphatic rings. The summed E-state index contributed by atoms with van der Waals surface area (Å²) in [5, 5.41) is 16.1. The van der Waals surface area contributed by atoms with Gasteiger partial charge in [-0.05, 0) is 39.2 Å². The summed E-state index contributed by atoms with van der Waals surface area (Å²) in [5.74, 6) is 0. The van der Waals surface area contributed by atoms with Gasteiger partial charge in [0.05, 0.1) is 16.5 Å². The van der Waals surface area contributed by atoms with Crippen LogP contribution in [0.3, 0.4) is 0 Å². The molecule has 0 fully saturated rings. The fourth-order valence-corrected chi connectivity index (χ4v) is 2.81. The highest BCUT2D eigenvalue weighted by Crippen LogP contribution is 2.29. The first-order chi connectivity index (χ1) is 10.7. The van der Waals surface area contributed by atoms with Crippen LogP contribution in [0, 0.1) is 0 Å². The monoisotopic (exact) mass is 296 g/mol. The summed E-state index contributed by atoms with van der Waals surface area (Å²) in [4.78, 5) is 2.19. The number of para-hydroxylation sites is 2. The molecule has 1 aromatic heterocycles. The van der Waals surface area contributed by atoms with Crippen molar-refractivity contribution in [3.63, 3.8) is 0 Å². The summed E-state index contributed by atoms with van der Waals surface area (Å²) in [5.41, 5.74) is 2.72. The van der Waals surface area contributed by atoms with E-state index in [2.05, 4.69) is 24.3 Å². The summed E-state index contributed by atoms with van der Waals surface area (Å²) in [6.07, 6.45) is 1.07. The minimum atomic E-state index is 0.816. The Morgan fingerprint density at radius 1 is 0.955 bits per heavy atom. The maximum absolute atomic E-state index is 10.5. The Bertz CT molecular complexity index is 742. The van der Waals surface area contributed by atoms with Gasteiger partial charge < -0.3 is 10.2 Å². The van der Waals surface area contributed by atoms with Crippen LogP contribution in [-0.4, -0.2) is 37.3 Å². The Kier molecular flexibility index (Phi) is 4.11. The van der Waals surface area contributed by atoms with Gasteiger partial charge >= 0.3 is 0 Å². The standard InChI is InChI=1S/C18H21N3O/c1-20(2)13-7-12-19-18-14-8-3-5-10-16(14)21(22)17-11-6-4-9-15(17)18/h3-6,8-11,22H,7,12-13H2,1-2H3/p+1. The van der Waals surface area contributed by atoms with E-state index in [1.807, 2.05) is 48.5 Å². The Morgan fingerprint density at radius 2 is 1.50 bits per heavy atom. The third-order valence-electron chi connectivity index (χ3n) is 3.89. The maximum Gasteiger partial charge on any atom is 0.267 e. The van der Waals surface area contributed by atoms with E-state index >= 15 is 0 Å². The average Bonchev–Trinajstić information content (AvgIpc) is 2.54. The number of anilines is 1. The van der Waals surface area contributed by atoms with Crippen molar-refractivity contribution in [1.82, 2.24) is 4.90 Å². The van der Waals surface area contributed by atoms with Crippen molar-refractivity contribution in [3.8, 4) is 0 Å². The van der Waals surface area contributed by atoms with Gasteiger partial charge in [-0.1, -0.05) is 24.3 Å². The predicted octanol–water partition coefficient (Wildman–Crippen LogP) is 2.88. The zero-order chi connectivity index (χ0) is 15.5. The number of aromatic nitrogens is 1. The second kappa shape index (κ2) is 6.20. The zero-order valence-corrected chi connectivity index (χ0v) is 13.1. The van der Waals surface area contributed by atoms with Gasteiger partial charge in [0.1, 0.15) is 0 Å². The molecule has 0 amide bonds. The van der Waals surface area contributed by atoms with Crippen LogP contribution in [-0.2, 0) is 0 Å². The molecule has 2 N–H and O–H groups in total. The van der Waals surface area contributed by atoms with Crippen LogP contribution in [0.4, 0.5) is 5.69 Å². The summed E-state index contributed by atoms with van der Waals surface area (Å²) >= 11 is 0. The van der Waals surface area contributed by atoms with Gasteiger partial charge in [0, 0.05) is 23.4 Å². The summed E-state index contributed by atoms with van der Waals surface area (Å²) in [7, 11) is 4.17. The first-order valence-corrected chi connectivity index (χ1v) is 7.62. The molecule has 3 aromatic rings. The van der Waals surface area contributed by atoms with Crippen LogP contribution in [0.2, 0.25) is 0 Å². The molecule has 0 spiro atoms. The van der Waals surface area contributed by atoms with Crippen LogP contribution in [0.1, 0.15) is 6.42 Å². The first kappa shape index (κ1) is 14.6. The fourth-order valence-electron chi connectivity index (χ4n) is 2.81. The van der Waals surface area contributed by atoms with E-state index in [1.54, 1.807) is 0 Å². The lowest BCUT2D eigenvalue weighted by atomic mass is 10.1. The quantitative estimate of drug-likeness (QED) is 0.329. The van der Waals surface area contributed by atoms with Crippen LogP contribution >= 0.6 is 0 Å². The Morgan fingerprint density at radius 3 is 2.05 bits per heavy atom. The SMILES string of the molecule is CN(C)CCCNc1c2ccccc2[n+](O)c2ccccc12. The van der Waals surface area contributed by atoms with Crippen molar-refractivity contribution in [2.24, 2.45) is 0 Å². The highest BCUT2D eigenvalue weighted by atomic mass is 16.5. The number of hydrogen-bond donors (Lipinski definition) is 2. The molecule has 0 aliphatic heterocycles. The molecule has 0 unspecified atom stereocenters. The van der Waals surface area contributed by atoms with E-state index in [1.165, 1.54) is 4.73 Å². The number of rotatable bonds is 5. The first-order valence-electron chi connectivity index (χ1n) is 7.62. The highest BCUT2D eigenvalue weighted by molar-refractivity contribution is 6.04. The third kappa shape index (κ3) is 2.70. The van der Waals surface area contributed by atoms with Crippen molar-refractivity contribution in [2.75, 3.05) is 32.5 Å². The second-order valence-electron chi connectivity index (χ2n) is 5.80. The lowest BCUT2D eigenvalue weighted by Crippen LogP contribution is -2.32. The third-order valence-corrected chi connectivity index (χ3v) is 3.89. The maximum atomic E-state index is 10.5. The van der Waals surface area contributed by atoms with Gasteiger partial charge in [-0.3, -0.25) is 5.21 Å². The van der Waals surface area contributed by atoms with Crippen molar-refractivity contribution >= 4 is 27.5 Å². The number of nitrogens with zero attached hydrogens (tertiary/aromatic N) is 2. The number of benzene rings is 2. The number of nitrogens with one attached hydrogen (secondary N) is 1. The molecular formula is C18H22N3O+. The van der Waals surface area contributed by atoms with Crippen LogP contribution in [0.15, 0.2) is 48.5 Å². The molecular weight excluding hydrogens is 274 g/mol. The zero-order valence-electron chi connectivity index (χ0n) is 13.1. The molecule has 4 heteroatoms. The number of pyridine rings is 1. The van der Waals surface area contributed by atoms with Crippen molar-refractivity contribution in [2.45, 2.75) is 6.42 Å². The molecule has 0 atom stereocenters. The Hall–Kier alpha value is -2.33. The summed E-state index contributed by atoms with van der Waals surface area (Å²) in [6, 6.07) is 15.9. The molecule has 0 radical (unpaired) electrons. The normalized spacial score (nSPS) is 11.4. The van der Waals surface area contributed by atoms with Crippen molar-refractivity contribution in [1.29, 1.82) is 0 Å². The largest absolute Gasteiger partial charge is 0.384 e.